The van der Waals surface area contributed by atoms with E-state index < -0.39 is 0 Å². The second-order valence-corrected chi connectivity index (χ2v) is 2.96. The van der Waals surface area contributed by atoms with Crippen LogP contribution in [0.4, 0.5) is 0 Å². The molecule has 7 nitrogen and oxygen atoms in total. The molecule has 3 rings (SSSR count). The molecule has 3 aromatic rings. The van der Waals surface area contributed by atoms with Crippen LogP contribution >= 0.6 is 0 Å². The van der Waals surface area contributed by atoms with E-state index in [4.69, 9.17) is 4.74 Å². The molecule has 0 aliphatic heterocycles. The van der Waals surface area contributed by atoms with Crippen LogP contribution in [0.5, 0.6) is 5.75 Å². The Kier molecular flexibility index (Phi) is 1.52. The zero-order valence-electron chi connectivity index (χ0n) is 7.82. The minimum Gasteiger partial charge on any atom is -0.497 e. The van der Waals surface area contributed by atoms with Crippen molar-refractivity contribution in [2.24, 2.45) is 0 Å². The maximum absolute atomic E-state index is 5.09. The molecule has 0 saturated heterocycles. The second-order valence-electron chi connectivity index (χ2n) is 2.96. The van der Waals surface area contributed by atoms with E-state index in [-0.39, 0.29) is 0 Å². The molecular formula is C8H6N6O. The third kappa shape index (κ3) is 1.09. The van der Waals surface area contributed by atoms with E-state index in [1.165, 1.54) is 4.63 Å². The third-order valence-electron chi connectivity index (χ3n) is 2.14. The van der Waals surface area contributed by atoms with Gasteiger partial charge in [-0.1, -0.05) is 4.63 Å². The molecule has 74 valence electrons. The molecular weight excluding hydrogens is 196 g/mol. The average molecular weight is 202 g/mol. The van der Waals surface area contributed by atoms with Gasteiger partial charge in [-0.3, -0.25) is 0 Å². The number of nitrogens with zero attached hydrogens (tertiary/aromatic N) is 6. The van der Waals surface area contributed by atoms with Gasteiger partial charge in [-0.15, -0.1) is 10.2 Å². The van der Waals surface area contributed by atoms with Crippen molar-refractivity contribution >= 4 is 16.6 Å². The second kappa shape index (κ2) is 2.84. The van der Waals surface area contributed by atoms with Crippen molar-refractivity contribution in [1.29, 1.82) is 0 Å². The van der Waals surface area contributed by atoms with Crippen LogP contribution < -0.4 is 4.74 Å². The third-order valence-corrected chi connectivity index (χ3v) is 2.14. The molecule has 2 heterocycles. The van der Waals surface area contributed by atoms with Crippen molar-refractivity contribution in [1.82, 2.24) is 30.5 Å². The monoisotopic (exact) mass is 202 g/mol. The fourth-order valence-corrected chi connectivity index (χ4v) is 1.41. The minimum atomic E-state index is 0.586. The van der Waals surface area contributed by atoms with Crippen molar-refractivity contribution in [2.45, 2.75) is 0 Å². The summed E-state index contributed by atoms with van der Waals surface area (Å²) >= 11 is 0. The number of aromatic nitrogens is 6. The zero-order valence-corrected chi connectivity index (χ0v) is 7.82. The summed E-state index contributed by atoms with van der Waals surface area (Å²) in [5.74, 6) is 0.730. The Bertz CT molecular complexity index is 633. The van der Waals surface area contributed by atoms with Gasteiger partial charge in [0.25, 0.3) is 0 Å². The first-order chi connectivity index (χ1) is 7.38. The largest absolute Gasteiger partial charge is 0.497 e. The highest BCUT2D eigenvalue weighted by molar-refractivity contribution is 5.90. The topological polar surface area (TPSA) is 78.1 Å². The lowest BCUT2D eigenvalue weighted by atomic mass is 10.2. The summed E-state index contributed by atoms with van der Waals surface area (Å²) in [5, 5.41) is 19.7. The molecule has 2 aromatic heterocycles. The highest BCUT2D eigenvalue weighted by atomic mass is 16.5. The Hall–Kier alpha value is -2.31. The highest BCUT2D eigenvalue weighted by Gasteiger charge is 2.06. The molecule has 0 atom stereocenters. The molecule has 7 heteroatoms. The molecule has 0 N–H and O–H groups in total. The van der Waals surface area contributed by atoms with Gasteiger partial charge in [0, 0.05) is 6.07 Å². The normalized spacial score (nSPS) is 11.0. The van der Waals surface area contributed by atoms with Crippen LogP contribution in [-0.2, 0) is 0 Å². The summed E-state index contributed by atoms with van der Waals surface area (Å²) in [6.45, 7) is 0. The first kappa shape index (κ1) is 8.04. The Morgan fingerprint density at radius 1 is 1.20 bits per heavy atom. The summed E-state index contributed by atoms with van der Waals surface area (Å²) in [4.78, 5) is 0. The van der Waals surface area contributed by atoms with Gasteiger partial charge >= 0.3 is 0 Å². The fourth-order valence-electron chi connectivity index (χ4n) is 1.41. The highest BCUT2D eigenvalue weighted by Crippen LogP contribution is 2.19. The summed E-state index contributed by atoms with van der Waals surface area (Å²) in [6.07, 6.45) is 0. The van der Waals surface area contributed by atoms with Crippen LogP contribution in [0, 0.1) is 0 Å². The molecule has 0 radical (unpaired) electrons. The van der Waals surface area contributed by atoms with Gasteiger partial charge in [0.1, 0.15) is 11.3 Å². The van der Waals surface area contributed by atoms with Crippen molar-refractivity contribution < 1.29 is 4.74 Å². The SMILES string of the molecule is COc1ccc2c(c1)nnn1nnnc21. The molecule has 0 fully saturated rings. The zero-order chi connectivity index (χ0) is 10.3. The van der Waals surface area contributed by atoms with Crippen LogP contribution in [0.2, 0.25) is 0 Å². The Labute approximate surface area is 83.7 Å². The van der Waals surface area contributed by atoms with Gasteiger partial charge in [-0.2, -0.15) is 0 Å². The molecule has 0 spiro atoms. The summed E-state index contributed by atoms with van der Waals surface area (Å²) in [5.41, 5.74) is 1.29. The molecule has 0 aliphatic rings. The quantitative estimate of drug-likeness (QED) is 0.556. The first-order valence-electron chi connectivity index (χ1n) is 4.27. The number of fused-ring (bicyclic) bond motifs is 3. The fraction of sp³-hybridized carbons (Fsp3) is 0.125. The number of rotatable bonds is 1. The van der Waals surface area contributed by atoms with Gasteiger partial charge in [-0.05, 0) is 27.8 Å². The van der Waals surface area contributed by atoms with E-state index in [0.29, 0.717) is 11.2 Å². The molecule has 1 aromatic carbocycles. The smallest absolute Gasteiger partial charge is 0.211 e. The lowest BCUT2D eigenvalue weighted by molar-refractivity contribution is 0.415. The van der Waals surface area contributed by atoms with Crippen LogP contribution in [-0.4, -0.2) is 37.6 Å². The van der Waals surface area contributed by atoms with Crippen LogP contribution in [0.25, 0.3) is 16.6 Å². The maximum Gasteiger partial charge on any atom is 0.211 e. The van der Waals surface area contributed by atoms with Crippen LogP contribution in [0.3, 0.4) is 0 Å². The van der Waals surface area contributed by atoms with Gasteiger partial charge < -0.3 is 4.74 Å². The average Bonchev–Trinajstić information content (AvgIpc) is 2.76. The van der Waals surface area contributed by atoms with E-state index in [1.807, 2.05) is 12.1 Å². The number of ether oxygens (including phenoxy) is 1. The molecule has 0 aliphatic carbocycles. The van der Waals surface area contributed by atoms with Crippen LogP contribution in [0.15, 0.2) is 18.2 Å². The van der Waals surface area contributed by atoms with E-state index in [2.05, 4.69) is 25.8 Å². The number of methoxy groups -OCH3 is 1. The van der Waals surface area contributed by atoms with E-state index in [0.717, 1.165) is 11.1 Å². The number of benzene rings is 1. The molecule has 0 bridgehead atoms. The van der Waals surface area contributed by atoms with Gasteiger partial charge in [0.15, 0.2) is 0 Å². The van der Waals surface area contributed by atoms with Gasteiger partial charge in [-0.25, -0.2) is 0 Å². The standard InChI is InChI=1S/C8H6N6O/c1-15-5-2-3-6-7(4-5)9-12-14-8(6)10-11-13-14/h2-4H,1H3. The van der Waals surface area contributed by atoms with Crippen molar-refractivity contribution in [3.63, 3.8) is 0 Å². The number of hydrogen-bond donors (Lipinski definition) is 0. The molecule has 0 amide bonds. The molecule has 15 heavy (non-hydrogen) atoms. The molecule has 0 unspecified atom stereocenters. The Morgan fingerprint density at radius 3 is 3.00 bits per heavy atom. The first-order valence-corrected chi connectivity index (χ1v) is 4.27. The summed E-state index contributed by atoms with van der Waals surface area (Å²) in [6, 6.07) is 5.48. The number of tetrazole rings is 1. The van der Waals surface area contributed by atoms with E-state index in [1.54, 1.807) is 13.2 Å². The number of hydrogen-bond acceptors (Lipinski definition) is 6. The van der Waals surface area contributed by atoms with Crippen molar-refractivity contribution in [3.8, 4) is 5.75 Å². The Morgan fingerprint density at radius 2 is 2.13 bits per heavy atom. The van der Waals surface area contributed by atoms with Crippen LogP contribution in [0.1, 0.15) is 0 Å². The van der Waals surface area contributed by atoms with Crippen molar-refractivity contribution in [2.75, 3.05) is 7.11 Å². The lowest BCUT2D eigenvalue weighted by Gasteiger charge is -2.00. The minimum absolute atomic E-state index is 0.586. The van der Waals surface area contributed by atoms with E-state index >= 15 is 0 Å². The molecule has 0 saturated carbocycles. The lowest BCUT2D eigenvalue weighted by Crippen LogP contribution is -1.98. The predicted molar refractivity (Wildman–Crippen MR) is 50.4 cm³/mol. The maximum atomic E-state index is 5.09. The van der Waals surface area contributed by atoms with Crippen molar-refractivity contribution in [3.05, 3.63) is 18.2 Å². The van der Waals surface area contributed by atoms with E-state index in [9.17, 15) is 0 Å². The summed E-state index contributed by atoms with van der Waals surface area (Å²) in [7, 11) is 1.60. The van der Waals surface area contributed by atoms with Gasteiger partial charge in [0.2, 0.25) is 5.65 Å². The predicted octanol–water partition coefficient (Wildman–Crippen LogP) is 0.0761. The van der Waals surface area contributed by atoms with Gasteiger partial charge in [0.05, 0.1) is 12.5 Å². The summed E-state index contributed by atoms with van der Waals surface area (Å²) < 4.78 is 6.38. The Balaban J connectivity index is 2.44.